The summed E-state index contributed by atoms with van der Waals surface area (Å²) in [6, 6.07) is 21.7. The van der Waals surface area contributed by atoms with Crippen LogP contribution in [-0.2, 0) is 11.3 Å². The number of hydrogen-bond acceptors (Lipinski definition) is 5. The number of benzene rings is 3. The minimum atomic E-state index is -0.234. The van der Waals surface area contributed by atoms with Crippen molar-refractivity contribution in [1.82, 2.24) is 15.5 Å². The molecule has 0 aliphatic carbocycles. The molecule has 0 bridgehead atoms. The first-order valence-electron chi connectivity index (χ1n) is 14.4. The lowest BCUT2D eigenvalue weighted by molar-refractivity contribution is -0.122. The number of carbonyl (C=O) groups excluding carboxylic acids is 2. The van der Waals surface area contributed by atoms with Crippen LogP contribution in [-0.4, -0.2) is 56.0 Å². The molecule has 1 fully saturated rings. The Morgan fingerprint density at radius 2 is 1.80 bits per heavy atom. The second-order valence-corrected chi connectivity index (χ2v) is 11.5. The Balaban J connectivity index is 1.05. The van der Waals surface area contributed by atoms with Crippen molar-refractivity contribution in [3.8, 4) is 0 Å². The molecule has 2 amide bonds. The molecule has 8 heteroatoms. The molecule has 0 aromatic heterocycles. The van der Waals surface area contributed by atoms with Gasteiger partial charge in [-0.25, -0.2) is 0 Å². The number of anilines is 2. The van der Waals surface area contributed by atoms with Crippen molar-refractivity contribution in [3.05, 3.63) is 106 Å². The van der Waals surface area contributed by atoms with E-state index in [4.69, 9.17) is 11.6 Å². The molecule has 3 aliphatic rings. The first-order chi connectivity index (χ1) is 20.0. The average molecular weight is 570 g/mol. The van der Waals surface area contributed by atoms with Gasteiger partial charge in [0.2, 0.25) is 5.91 Å². The van der Waals surface area contributed by atoms with Crippen molar-refractivity contribution < 1.29 is 9.59 Å². The van der Waals surface area contributed by atoms with Crippen LogP contribution in [0.1, 0.15) is 39.5 Å². The van der Waals surface area contributed by atoms with Crippen LogP contribution in [0.25, 0.3) is 0 Å². The number of nitrogens with zero attached hydrogens (tertiary/aromatic N) is 3. The molecule has 0 spiro atoms. The maximum Gasteiger partial charge on any atom is 0.251 e. The van der Waals surface area contributed by atoms with Crippen molar-refractivity contribution >= 4 is 34.8 Å². The van der Waals surface area contributed by atoms with Gasteiger partial charge in [-0.2, -0.15) is 0 Å². The van der Waals surface area contributed by atoms with E-state index in [1.807, 2.05) is 71.8 Å². The van der Waals surface area contributed by atoms with Crippen LogP contribution in [0.15, 0.2) is 79.0 Å². The van der Waals surface area contributed by atoms with E-state index in [0.717, 1.165) is 61.0 Å². The van der Waals surface area contributed by atoms with E-state index < -0.39 is 0 Å². The third-order valence-electron chi connectivity index (χ3n) is 8.41. The lowest BCUT2D eigenvalue weighted by Gasteiger charge is -2.37. The van der Waals surface area contributed by atoms with E-state index >= 15 is 0 Å². The van der Waals surface area contributed by atoms with Gasteiger partial charge in [0.25, 0.3) is 5.91 Å². The summed E-state index contributed by atoms with van der Waals surface area (Å²) in [7, 11) is 0. The zero-order valence-electron chi connectivity index (χ0n) is 23.4. The Labute approximate surface area is 246 Å². The minimum absolute atomic E-state index is 0.0516. The summed E-state index contributed by atoms with van der Waals surface area (Å²) in [4.78, 5) is 33.3. The third kappa shape index (κ3) is 5.83. The first kappa shape index (κ1) is 27.4. The quantitative estimate of drug-likeness (QED) is 0.377. The number of aryl methyl sites for hydroxylation is 1. The SMILES string of the molecule is Cc1ccc(Cl)cc1N1CCN(CCCNC(=O)c2ccc3c(c2)N(Cc2ccccc2)C(=O)C2C=CNC32)CC1. The van der Waals surface area contributed by atoms with Crippen molar-refractivity contribution in [2.24, 2.45) is 5.92 Å². The highest BCUT2D eigenvalue weighted by Crippen LogP contribution is 2.42. The standard InChI is InChI=1S/C33H36ClN5O2/c1-23-8-10-26(34)21-29(23)38-18-16-37(17-19-38)15-5-13-36-32(40)25-9-11-27-30(20-25)39(22-24-6-3-2-4-7-24)33(41)28-12-14-35-31(27)28/h2-4,6-12,14,20-21,28,31,35H,5,13,15-19,22H2,1H3,(H,36,40). The van der Waals surface area contributed by atoms with Gasteiger partial charge in [-0.3, -0.25) is 14.5 Å². The molecule has 3 heterocycles. The smallest absolute Gasteiger partial charge is 0.251 e. The highest BCUT2D eigenvalue weighted by atomic mass is 35.5. The Hall–Kier alpha value is -3.81. The number of piperazine rings is 1. The van der Waals surface area contributed by atoms with E-state index in [9.17, 15) is 9.59 Å². The molecular weight excluding hydrogens is 534 g/mol. The van der Waals surface area contributed by atoms with Crippen molar-refractivity contribution in [2.45, 2.75) is 25.9 Å². The minimum Gasteiger partial charge on any atom is -0.383 e. The third-order valence-corrected chi connectivity index (χ3v) is 8.65. The number of carbonyl (C=O) groups is 2. The van der Waals surface area contributed by atoms with Crippen LogP contribution in [0.3, 0.4) is 0 Å². The summed E-state index contributed by atoms with van der Waals surface area (Å²) in [6.45, 7) is 8.04. The predicted molar refractivity (Wildman–Crippen MR) is 164 cm³/mol. The van der Waals surface area contributed by atoms with Crippen molar-refractivity contribution in [3.63, 3.8) is 0 Å². The second-order valence-electron chi connectivity index (χ2n) is 11.1. The van der Waals surface area contributed by atoms with Crippen molar-refractivity contribution in [2.75, 3.05) is 49.1 Å². The number of halogens is 1. The maximum atomic E-state index is 13.5. The molecule has 3 aliphatic heterocycles. The van der Waals surface area contributed by atoms with Gasteiger partial charge < -0.3 is 20.4 Å². The molecule has 1 saturated heterocycles. The van der Waals surface area contributed by atoms with Crippen LogP contribution in [0.4, 0.5) is 11.4 Å². The number of fused-ring (bicyclic) bond motifs is 3. The van der Waals surface area contributed by atoms with E-state index in [1.54, 1.807) is 0 Å². The number of amides is 2. The van der Waals surface area contributed by atoms with Gasteiger partial charge in [0.15, 0.2) is 0 Å². The van der Waals surface area contributed by atoms with Crippen LogP contribution in [0.5, 0.6) is 0 Å². The van der Waals surface area contributed by atoms with Crippen molar-refractivity contribution in [1.29, 1.82) is 0 Å². The highest BCUT2D eigenvalue weighted by Gasteiger charge is 2.41. The fourth-order valence-corrected chi connectivity index (χ4v) is 6.30. The van der Waals surface area contributed by atoms with Gasteiger partial charge in [-0.15, -0.1) is 0 Å². The largest absolute Gasteiger partial charge is 0.383 e. The molecule has 2 unspecified atom stereocenters. The normalized spacial score (nSPS) is 20.0. The lowest BCUT2D eigenvalue weighted by atomic mass is 9.87. The Morgan fingerprint density at radius 1 is 1.00 bits per heavy atom. The number of rotatable bonds is 8. The summed E-state index contributed by atoms with van der Waals surface area (Å²) in [5.41, 5.74) is 5.93. The molecule has 212 valence electrons. The molecule has 3 aromatic rings. The average Bonchev–Trinajstić information content (AvgIpc) is 3.50. The molecule has 2 atom stereocenters. The van der Waals surface area contributed by atoms with Gasteiger partial charge >= 0.3 is 0 Å². The summed E-state index contributed by atoms with van der Waals surface area (Å²) in [5, 5.41) is 7.19. The zero-order valence-corrected chi connectivity index (χ0v) is 24.1. The van der Waals surface area contributed by atoms with E-state index in [-0.39, 0.29) is 23.8 Å². The van der Waals surface area contributed by atoms with E-state index in [2.05, 4.69) is 39.5 Å². The summed E-state index contributed by atoms with van der Waals surface area (Å²) in [6.07, 6.45) is 4.68. The van der Waals surface area contributed by atoms with Crippen LogP contribution >= 0.6 is 11.6 Å². The van der Waals surface area contributed by atoms with E-state index in [0.29, 0.717) is 18.7 Å². The van der Waals surface area contributed by atoms with Gasteiger partial charge in [-0.05, 0) is 67.0 Å². The molecule has 41 heavy (non-hydrogen) atoms. The molecule has 2 N–H and O–H groups in total. The van der Waals surface area contributed by atoms with Crippen LogP contribution < -0.4 is 20.4 Å². The van der Waals surface area contributed by atoms with Crippen LogP contribution in [0.2, 0.25) is 5.02 Å². The monoisotopic (exact) mass is 569 g/mol. The Bertz CT molecular complexity index is 1450. The van der Waals surface area contributed by atoms with Crippen LogP contribution in [0, 0.1) is 12.8 Å². The molecule has 0 saturated carbocycles. The van der Waals surface area contributed by atoms with E-state index in [1.165, 1.54) is 11.3 Å². The number of hydrogen-bond donors (Lipinski definition) is 2. The molecule has 7 nitrogen and oxygen atoms in total. The summed E-state index contributed by atoms with van der Waals surface area (Å²) < 4.78 is 0. The lowest BCUT2D eigenvalue weighted by Crippen LogP contribution is -2.47. The zero-order chi connectivity index (χ0) is 28.3. The topological polar surface area (TPSA) is 67.9 Å². The van der Waals surface area contributed by atoms with Gasteiger partial charge in [0, 0.05) is 49.0 Å². The predicted octanol–water partition coefficient (Wildman–Crippen LogP) is 4.91. The van der Waals surface area contributed by atoms with Gasteiger partial charge in [0.05, 0.1) is 24.2 Å². The fraction of sp³-hybridized carbons (Fsp3) is 0.333. The van der Waals surface area contributed by atoms with Gasteiger partial charge in [-0.1, -0.05) is 60.1 Å². The van der Waals surface area contributed by atoms with Gasteiger partial charge in [0.1, 0.15) is 0 Å². The second kappa shape index (κ2) is 12.0. The molecular formula is C33H36ClN5O2. The first-order valence-corrected chi connectivity index (χ1v) is 14.8. The Kier molecular flexibility index (Phi) is 7.99. The Morgan fingerprint density at radius 3 is 2.61 bits per heavy atom. The number of nitrogens with one attached hydrogen (secondary N) is 2. The molecule has 0 radical (unpaired) electrons. The summed E-state index contributed by atoms with van der Waals surface area (Å²) in [5.74, 6) is -0.293. The fourth-order valence-electron chi connectivity index (χ4n) is 6.14. The molecule has 6 rings (SSSR count). The summed E-state index contributed by atoms with van der Waals surface area (Å²) >= 11 is 6.23. The maximum absolute atomic E-state index is 13.5. The highest BCUT2D eigenvalue weighted by molar-refractivity contribution is 6.30. The molecule has 3 aromatic carbocycles.